The minimum atomic E-state index is -2.99. The molecule has 0 radical (unpaired) electrons. The standard InChI is InChI=1S/C12H13F2NO4/c13-12(14)19-10-5-2-1-4-9(10)15(8-16)7-3-6-11(17)18/h1-2,4-5,8,12H,3,6-7H2,(H,17,18). The lowest BCUT2D eigenvalue weighted by molar-refractivity contribution is -0.137. The van der Waals surface area contributed by atoms with Gasteiger partial charge in [0.15, 0.2) is 0 Å². The third-order valence-corrected chi connectivity index (χ3v) is 2.31. The predicted molar refractivity (Wildman–Crippen MR) is 63.4 cm³/mol. The number of halogens is 2. The van der Waals surface area contributed by atoms with Gasteiger partial charge in [-0.15, -0.1) is 0 Å². The van der Waals surface area contributed by atoms with E-state index in [-0.39, 0.29) is 30.8 Å². The van der Waals surface area contributed by atoms with Gasteiger partial charge in [-0.1, -0.05) is 12.1 Å². The fourth-order valence-corrected chi connectivity index (χ4v) is 1.52. The largest absolute Gasteiger partial charge is 0.481 e. The van der Waals surface area contributed by atoms with Crippen LogP contribution in [0.5, 0.6) is 5.75 Å². The Labute approximate surface area is 108 Å². The quantitative estimate of drug-likeness (QED) is 0.737. The van der Waals surface area contributed by atoms with Gasteiger partial charge in [0.05, 0.1) is 5.69 Å². The van der Waals surface area contributed by atoms with E-state index in [0.29, 0.717) is 6.41 Å². The number of carboxylic acids is 1. The topological polar surface area (TPSA) is 66.8 Å². The van der Waals surface area contributed by atoms with Gasteiger partial charge >= 0.3 is 12.6 Å². The molecule has 0 spiro atoms. The summed E-state index contributed by atoms with van der Waals surface area (Å²) in [6.07, 6.45) is 0.564. The average Bonchev–Trinajstić information content (AvgIpc) is 2.35. The summed E-state index contributed by atoms with van der Waals surface area (Å²) in [7, 11) is 0. The molecule has 0 saturated carbocycles. The molecule has 0 saturated heterocycles. The number of alkyl halides is 2. The summed E-state index contributed by atoms with van der Waals surface area (Å²) in [4.78, 5) is 22.5. The third-order valence-electron chi connectivity index (χ3n) is 2.31. The Morgan fingerprint density at radius 3 is 2.68 bits per heavy atom. The minimum Gasteiger partial charge on any atom is -0.481 e. The number of aliphatic carboxylic acids is 1. The fourth-order valence-electron chi connectivity index (χ4n) is 1.52. The Morgan fingerprint density at radius 2 is 2.11 bits per heavy atom. The van der Waals surface area contributed by atoms with E-state index in [1.54, 1.807) is 6.07 Å². The van der Waals surface area contributed by atoms with Crippen LogP contribution in [0.25, 0.3) is 0 Å². The van der Waals surface area contributed by atoms with Crippen LogP contribution in [0.15, 0.2) is 24.3 Å². The second-order valence-electron chi connectivity index (χ2n) is 3.64. The molecule has 19 heavy (non-hydrogen) atoms. The van der Waals surface area contributed by atoms with Gasteiger partial charge in [0.2, 0.25) is 6.41 Å². The molecule has 0 unspecified atom stereocenters. The Morgan fingerprint density at radius 1 is 1.42 bits per heavy atom. The van der Waals surface area contributed by atoms with E-state index in [9.17, 15) is 18.4 Å². The maximum Gasteiger partial charge on any atom is 0.387 e. The molecule has 1 N–H and O–H groups in total. The highest BCUT2D eigenvalue weighted by Gasteiger charge is 2.14. The first-order valence-electron chi connectivity index (χ1n) is 5.52. The Hall–Kier alpha value is -2.18. The van der Waals surface area contributed by atoms with Crippen molar-refractivity contribution in [2.45, 2.75) is 19.5 Å². The number of rotatable bonds is 8. The summed E-state index contributed by atoms with van der Waals surface area (Å²) in [6, 6.07) is 5.84. The molecule has 0 aliphatic carbocycles. The number of ether oxygens (including phenoxy) is 1. The molecule has 0 bridgehead atoms. The molecule has 0 aliphatic rings. The van der Waals surface area contributed by atoms with Crippen LogP contribution in [0, 0.1) is 0 Å². The van der Waals surface area contributed by atoms with Gasteiger partial charge in [0, 0.05) is 13.0 Å². The van der Waals surface area contributed by atoms with Crippen molar-refractivity contribution in [3.63, 3.8) is 0 Å². The monoisotopic (exact) mass is 273 g/mol. The van der Waals surface area contributed by atoms with Gasteiger partial charge in [-0.25, -0.2) is 0 Å². The molecule has 1 amide bonds. The molecule has 7 heteroatoms. The van der Waals surface area contributed by atoms with Crippen molar-refractivity contribution in [2.24, 2.45) is 0 Å². The zero-order chi connectivity index (χ0) is 14.3. The van der Waals surface area contributed by atoms with Crippen LogP contribution in [-0.4, -0.2) is 30.6 Å². The number of anilines is 1. The number of amides is 1. The fraction of sp³-hybridized carbons (Fsp3) is 0.333. The highest BCUT2D eigenvalue weighted by Crippen LogP contribution is 2.28. The molecule has 5 nitrogen and oxygen atoms in total. The van der Waals surface area contributed by atoms with Crippen molar-refractivity contribution in [3.8, 4) is 5.75 Å². The maximum atomic E-state index is 12.2. The molecule has 0 atom stereocenters. The van der Waals surface area contributed by atoms with Crippen molar-refractivity contribution in [1.29, 1.82) is 0 Å². The van der Waals surface area contributed by atoms with E-state index in [4.69, 9.17) is 5.11 Å². The molecule has 0 aliphatic heterocycles. The Balaban J connectivity index is 2.79. The molecular formula is C12H13F2NO4. The molecule has 1 aromatic carbocycles. The molecule has 0 aromatic heterocycles. The van der Waals surface area contributed by atoms with Crippen LogP contribution >= 0.6 is 0 Å². The number of benzene rings is 1. The van der Waals surface area contributed by atoms with E-state index in [1.165, 1.54) is 18.2 Å². The van der Waals surface area contributed by atoms with Gasteiger partial charge in [-0.2, -0.15) is 8.78 Å². The van der Waals surface area contributed by atoms with Crippen molar-refractivity contribution in [2.75, 3.05) is 11.4 Å². The molecule has 104 valence electrons. The first kappa shape index (κ1) is 14.9. The summed E-state index contributed by atoms with van der Waals surface area (Å²) in [6.45, 7) is -2.88. The second kappa shape index (κ2) is 7.30. The highest BCUT2D eigenvalue weighted by molar-refractivity contribution is 5.78. The molecule has 1 rings (SSSR count). The predicted octanol–water partition coefficient (Wildman–Crippen LogP) is 2.12. The Kier molecular flexibility index (Phi) is 5.72. The summed E-state index contributed by atoms with van der Waals surface area (Å²) in [5.41, 5.74) is 0.184. The van der Waals surface area contributed by atoms with Crippen LogP contribution < -0.4 is 9.64 Å². The summed E-state index contributed by atoms with van der Waals surface area (Å²) in [5, 5.41) is 8.51. The number of nitrogens with zero attached hydrogens (tertiary/aromatic N) is 1. The summed E-state index contributed by atoms with van der Waals surface area (Å²) in [5.74, 6) is -1.11. The van der Waals surface area contributed by atoms with Gasteiger partial charge in [-0.05, 0) is 18.6 Å². The lowest BCUT2D eigenvalue weighted by Gasteiger charge is -2.20. The van der Waals surface area contributed by atoms with Crippen molar-refractivity contribution < 1.29 is 28.2 Å². The van der Waals surface area contributed by atoms with E-state index >= 15 is 0 Å². The summed E-state index contributed by atoms with van der Waals surface area (Å²) < 4.78 is 28.7. The van der Waals surface area contributed by atoms with Gasteiger partial charge in [0.1, 0.15) is 5.75 Å². The zero-order valence-electron chi connectivity index (χ0n) is 9.96. The minimum absolute atomic E-state index is 0.109. The van der Waals surface area contributed by atoms with Gasteiger partial charge in [0.25, 0.3) is 0 Å². The molecule has 0 heterocycles. The molecule has 1 aromatic rings. The van der Waals surface area contributed by atoms with Crippen LogP contribution in [0.4, 0.5) is 14.5 Å². The van der Waals surface area contributed by atoms with Crippen LogP contribution in [-0.2, 0) is 9.59 Å². The lowest BCUT2D eigenvalue weighted by atomic mass is 10.2. The smallest absolute Gasteiger partial charge is 0.387 e. The SMILES string of the molecule is O=CN(CCCC(=O)O)c1ccccc1OC(F)F. The average molecular weight is 273 g/mol. The summed E-state index contributed by atoms with van der Waals surface area (Å²) >= 11 is 0. The van der Waals surface area contributed by atoms with Crippen LogP contribution in [0.3, 0.4) is 0 Å². The first-order chi connectivity index (χ1) is 9.04. The molecule has 0 fully saturated rings. The number of carbonyl (C=O) groups is 2. The number of para-hydroxylation sites is 2. The van der Waals surface area contributed by atoms with E-state index in [0.717, 1.165) is 4.90 Å². The Bertz CT molecular complexity index is 439. The normalized spacial score (nSPS) is 10.3. The van der Waals surface area contributed by atoms with Crippen molar-refractivity contribution in [3.05, 3.63) is 24.3 Å². The first-order valence-corrected chi connectivity index (χ1v) is 5.52. The van der Waals surface area contributed by atoms with E-state index < -0.39 is 12.6 Å². The van der Waals surface area contributed by atoms with Crippen molar-refractivity contribution >= 4 is 18.1 Å². The second-order valence-corrected chi connectivity index (χ2v) is 3.64. The van der Waals surface area contributed by atoms with Gasteiger partial charge in [-0.3, -0.25) is 9.59 Å². The van der Waals surface area contributed by atoms with Gasteiger partial charge < -0.3 is 14.7 Å². The molecular weight excluding hydrogens is 260 g/mol. The highest BCUT2D eigenvalue weighted by atomic mass is 19.3. The zero-order valence-corrected chi connectivity index (χ0v) is 9.96. The number of carbonyl (C=O) groups excluding carboxylic acids is 1. The van der Waals surface area contributed by atoms with E-state index in [2.05, 4.69) is 4.74 Å². The third kappa shape index (κ3) is 4.90. The number of carboxylic acid groups (broad SMARTS) is 1. The number of hydrogen-bond acceptors (Lipinski definition) is 3. The van der Waals surface area contributed by atoms with Crippen LogP contribution in [0.1, 0.15) is 12.8 Å². The van der Waals surface area contributed by atoms with Crippen LogP contribution in [0.2, 0.25) is 0 Å². The van der Waals surface area contributed by atoms with Crippen molar-refractivity contribution in [1.82, 2.24) is 0 Å². The lowest BCUT2D eigenvalue weighted by Crippen LogP contribution is -2.24. The van der Waals surface area contributed by atoms with E-state index in [1.807, 2.05) is 0 Å². The number of hydrogen-bond donors (Lipinski definition) is 1. The maximum absolute atomic E-state index is 12.2.